The molecule has 4 rings (SSSR count). The van der Waals surface area contributed by atoms with Gasteiger partial charge in [0.25, 0.3) is 0 Å². The average Bonchev–Trinajstić information content (AvgIpc) is 3.25. The molecule has 1 aromatic heterocycles. The van der Waals surface area contributed by atoms with Gasteiger partial charge >= 0.3 is 0 Å². The summed E-state index contributed by atoms with van der Waals surface area (Å²) in [5.41, 5.74) is 3.97. The summed E-state index contributed by atoms with van der Waals surface area (Å²) in [4.78, 5) is 38.9. The molecule has 1 heterocycles. The molecule has 142 valence electrons. The molecule has 29 heavy (non-hydrogen) atoms. The first-order valence-electron chi connectivity index (χ1n) is 8.99. The quantitative estimate of drug-likeness (QED) is 0.387. The molecule has 4 aromatic rings. The molecular formula is C24H17NO4. The lowest BCUT2D eigenvalue weighted by Gasteiger charge is -2.10. The van der Waals surface area contributed by atoms with Gasteiger partial charge in [-0.05, 0) is 52.9 Å². The van der Waals surface area contributed by atoms with Gasteiger partial charge in [-0.1, -0.05) is 24.3 Å². The number of methoxy groups -OCH3 is 1. The lowest BCUT2D eigenvalue weighted by atomic mass is 9.95. The van der Waals surface area contributed by atoms with Crippen LogP contribution in [0, 0.1) is 0 Å². The van der Waals surface area contributed by atoms with Gasteiger partial charge < -0.3 is 9.72 Å². The van der Waals surface area contributed by atoms with Crippen molar-refractivity contribution in [2.75, 3.05) is 7.11 Å². The van der Waals surface area contributed by atoms with Crippen LogP contribution in [0.2, 0.25) is 0 Å². The predicted octanol–water partition coefficient (Wildman–Crippen LogP) is 4.70. The lowest BCUT2D eigenvalue weighted by Crippen LogP contribution is -2.06. The zero-order chi connectivity index (χ0) is 20.4. The van der Waals surface area contributed by atoms with E-state index < -0.39 is 0 Å². The van der Waals surface area contributed by atoms with Crippen molar-refractivity contribution < 1.29 is 19.1 Å². The number of carbonyl (C=O) groups is 3. The van der Waals surface area contributed by atoms with E-state index >= 15 is 0 Å². The van der Waals surface area contributed by atoms with Crippen molar-refractivity contribution in [1.29, 1.82) is 0 Å². The first-order valence-corrected chi connectivity index (χ1v) is 8.99. The summed E-state index contributed by atoms with van der Waals surface area (Å²) in [5, 5.41) is 1.09. The van der Waals surface area contributed by atoms with E-state index in [1.807, 2.05) is 42.6 Å². The summed E-state index contributed by atoms with van der Waals surface area (Å²) in [6.07, 6.45) is 2.98. The van der Waals surface area contributed by atoms with Crippen molar-refractivity contribution in [2.45, 2.75) is 0 Å². The number of rotatable bonds is 6. The molecule has 0 aliphatic carbocycles. The van der Waals surface area contributed by atoms with Gasteiger partial charge in [-0.3, -0.25) is 14.4 Å². The fraction of sp³-hybridized carbons (Fsp3) is 0.0417. The maximum absolute atomic E-state index is 13.1. The van der Waals surface area contributed by atoms with Crippen molar-refractivity contribution in [2.24, 2.45) is 0 Å². The highest BCUT2D eigenvalue weighted by Crippen LogP contribution is 2.27. The molecule has 0 fully saturated rings. The zero-order valence-corrected chi connectivity index (χ0v) is 15.6. The number of hydrogen-bond acceptors (Lipinski definition) is 4. The Labute approximate surface area is 166 Å². The van der Waals surface area contributed by atoms with Gasteiger partial charge in [-0.25, -0.2) is 0 Å². The Balaban J connectivity index is 1.75. The number of ether oxygens (including phenoxy) is 1. The van der Waals surface area contributed by atoms with E-state index in [-0.39, 0.29) is 28.2 Å². The number of hydrogen-bond donors (Lipinski definition) is 1. The van der Waals surface area contributed by atoms with Gasteiger partial charge in [0, 0.05) is 28.4 Å². The smallest absolute Gasteiger partial charge is 0.193 e. The van der Waals surface area contributed by atoms with Crippen molar-refractivity contribution in [1.82, 2.24) is 4.98 Å². The second-order valence-corrected chi connectivity index (χ2v) is 6.61. The molecule has 0 aliphatic rings. The monoisotopic (exact) mass is 383 g/mol. The Morgan fingerprint density at radius 3 is 2.48 bits per heavy atom. The number of aromatic amines is 1. The Hall–Kier alpha value is -3.99. The second-order valence-electron chi connectivity index (χ2n) is 6.61. The van der Waals surface area contributed by atoms with Crippen LogP contribution < -0.4 is 4.74 Å². The number of aromatic nitrogens is 1. The molecule has 0 radical (unpaired) electrons. The normalized spacial score (nSPS) is 10.7. The fourth-order valence-corrected chi connectivity index (χ4v) is 3.41. The molecule has 0 bridgehead atoms. The van der Waals surface area contributed by atoms with Crippen LogP contribution in [0.3, 0.4) is 0 Å². The molecule has 0 aliphatic heterocycles. The van der Waals surface area contributed by atoms with Crippen LogP contribution in [0.15, 0.2) is 66.9 Å². The number of nitrogens with one attached hydrogen (secondary N) is 1. The number of benzene rings is 3. The molecule has 0 spiro atoms. The number of carbonyl (C=O) groups excluding carboxylic acids is 3. The summed E-state index contributed by atoms with van der Waals surface area (Å²) in [7, 11) is 1.39. The summed E-state index contributed by atoms with van der Waals surface area (Å²) >= 11 is 0. The van der Waals surface area contributed by atoms with Crippen LogP contribution in [0.25, 0.3) is 22.0 Å². The van der Waals surface area contributed by atoms with E-state index in [9.17, 15) is 14.4 Å². The van der Waals surface area contributed by atoms with Gasteiger partial charge in [0.2, 0.25) is 0 Å². The topological polar surface area (TPSA) is 76.2 Å². The van der Waals surface area contributed by atoms with Crippen LogP contribution in [-0.4, -0.2) is 30.4 Å². The van der Waals surface area contributed by atoms with Crippen LogP contribution in [0.1, 0.15) is 36.6 Å². The van der Waals surface area contributed by atoms with Crippen LogP contribution >= 0.6 is 0 Å². The third kappa shape index (κ3) is 3.34. The summed E-state index contributed by atoms with van der Waals surface area (Å²) in [6, 6.07) is 18.2. The Kier molecular flexibility index (Phi) is 4.79. The molecule has 0 unspecified atom stereocenters. The molecule has 5 heteroatoms. The molecular weight excluding hydrogens is 366 g/mol. The largest absolute Gasteiger partial charge is 0.496 e. The number of fused-ring (bicyclic) bond motifs is 1. The standard InChI is InChI=1S/C24H17NO4/c1-29-23-12-19(11-20(13-26)21(23)14-27)24(28)18-4-2-3-15(10-18)16-5-6-22-17(9-16)7-8-25-22/h2-14,25H,1H3. The molecule has 0 saturated heterocycles. The van der Waals surface area contributed by atoms with E-state index in [2.05, 4.69) is 11.1 Å². The van der Waals surface area contributed by atoms with Crippen LogP contribution in [0.4, 0.5) is 0 Å². The third-order valence-corrected chi connectivity index (χ3v) is 4.91. The highest BCUT2D eigenvalue weighted by molar-refractivity contribution is 6.11. The minimum absolute atomic E-state index is 0.122. The Morgan fingerprint density at radius 2 is 1.72 bits per heavy atom. The maximum atomic E-state index is 13.1. The highest BCUT2D eigenvalue weighted by Gasteiger charge is 2.17. The maximum Gasteiger partial charge on any atom is 0.193 e. The van der Waals surface area contributed by atoms with Crippen molar-refractivity contribution in [3.63, 3.8) is 0 Å². The number of aldehydes is 2. The molecule has 3 aromatic carbocycles. The Morgan fingerprint density at radius 1 is 0.897 bits per heavy atom. The van der Waals surface area contributed by atoms with E-state index in [0.29, 0.717) is 18.1 Å². The van der Waals surface area contributed by atoms with E-state index in [1.165, 1.54) is 19.2 Å². The lowest BCUT2D eigenvalue weighted by molar-refractivity contribution is 0.103. The molecule has 0 atom stereocenters. The van der Waals surface area contributed by atoms with Crippen LogP contribution in [-0.2, 0) is 0 Å². The van der Waals surface area contributed by atoms with Crippen LogP contribution in [0.5, 0.6) is 5.75 Å². The van der Waals surface area contributed by atoms with Gasteiger partial charge in [-0.2, -0.15) is 0 Å². The third-order valence-electron chi connectivity index (χ3n) is 4.91. The molecule has 5 nitrogen and oxygen atoms in total. The van der Waals surface area contributed by atoms with E-state index in [0.717, 1.165) is 22.0 Å². The first-order chi connectivity index (χ1) is 14.1. The average molecular weight is 383 g/mol. The SMILES string of the molecule is COc1cc(C(=O)c2cccc(-c3ccc4[nH]ccc4c3)c2)cc(C=O)c1C=O. The second kappa shape index (κ2) is 7.56. The van der Waals surface area contributed by atoms with Gasteiger partial charge in [0.05, 0.1) is 12.7 Å². The minimum atomic E-state index is -0.256. The molecule has 0 saturated carbocycles. The highest BCUT2D eigenvalue weighted by atomic mass is 16.5. The first kappa shape index (κ1) is 18.4. The molecule has 1 N–H and O–H groups in total. The van der Waals surface area contributed by atoms with E-state index in [1.54, 1.807) is 6.07 Å². The fourth-order valence-electron chi connectivity index (χ4n) is 3.41. The summed E-state index contributed by atoms with van der Waals surface area (Å²) in [6.45, 7) is 0. The van der Waals surface area contributed by atoms with Crippen molar-refractivity contribution in [3.8, 4) is 16.9 Å². The van der Waals surface area contributed by atoms with E-state index in [4.69, 9.17) is 4.74 Å². The summed E-state index contributed by atoms with van der Waals surface area (Å²) < 4.78 is 5.19. The van der Waals surface area contributed by atoms with Gasteiger partial charge in [0.1, 0.15) is 5.75 Å². The Bertz CT molecular complexity index is 1250. The zero-order valence-electron chi connectivity index (χ0n) is 15.6. The van der Waals surface area contributed by atoms with Gasteiger partial charge in [0.15, 0.2) is 18.4 Å². The number of ketones is 1. The van der Waals surface area contributed by atoms with Crippen molar-refractivity contribution >= 4 is 29.3 Å². The predicted molar refractivity (Wildman–Crippen MR) is 111 cm³/mol. The minimum Gasteiger partial charge on any atom is -0.496 e. The number of H-pyrrole nitrogens is 1. The molecule has 0 amide bonds. The van der Waals surface area contributed by atoms with Crippen molar-refractivity contribution in [3.05, 3.63) is 89.1 Å². The van der Waals surface area contributed by atoms with Gasteiger partial charge in [-0.15, -0.1) is 0 Å². The summed E-state index contributed by atoms with van der Waals surface area (Å²) in [5.74, 6) is -0.0598.